The number of pyridine rings is 2. The number of aromatic nitrogens is 4. The van der Waals surface area contributed by atoms with Crippen molar-refractivity contribution in [2.24, 2.45) is 7.05 Å². The second-order valence-corrected chi connectivity index (χ2v) is 8.80. The summed E-state index contributed by atoms with van der Waals surface area (Å²) < 4.78 is 39.8. The van der Waals surface area contributed by atoms with Crippen molar-refractivity contribution in [1.29, 1.82) is 0 Å². The quantitative estimate of drug-likeness (QED) is 0.449. The van der Waals surface area contributed by atoms with Crippen LogP contribution in [0.5, 0.6) is 0 Å². The van der Waals surface area contributed by atoms with Crippen molar-refractivity contribution in [2.75, 3.05) is 18.0 Å². The Morgan fingerprint density at radius 2 is 1.83 bits per heavy atom. The number of carbonyl (C=O) groups is 1. The number of aryl methyl sites for hydroxylation is 1. The number of halogens is 3. The number of hydrogen-bond acceptors (Lipinski definition) is 5. The van der Waals surface area contributed by atoms with Crippen molar-refractivity contribution in [3.8, 4) is 11.1 Å². The molecule has 3 aromatic heterocycles. The SMILES string of the molecule is Cn1c(=O)[nH]c2ncc(-c3cccc(C(=O)NC4CCN(c5ccc(C(F)(F)F)cn5)CC4)c3)cc21. The second kappa shape index (κ2) is 9.14. The van der Waals surface area contributed by atoms with Gasteiger partial charge in [0.05, 0.1) is 11.1 Å². The van der Waals surface area contributed by atoms with Crippen LogP contribution in [0.3, 0.4) is 0 Å². The fourth-order valence-electron chi connectivity index (χ4n) is 4.36. The smallest absolute Gasteiger partial charge is 0.356 e. The number of anilines is 1. The minimum absolute atomic E-state index is 0.0562. The van der Waals surface area contributed by atoms with Crippen molar-refractivity contribution >= 4 is 22.9 Å². The Balaban J connectivity index is 1.23. The molecule has 1 aliphatic heterocycles. The Kier molecular flexibility index (Phi) is 5.99. The molecule has 4 aromatic rings. The van der Waals surface area contributed by atoms with E-state index in [9.17, 15) is 22.8 Å². The number of carbonyl (C=O) groups excluding carboxylic acids is 1. The fourth-order valence-corrected chi connectivity index (χ4v) is 4.36. The molecule has 8 nitrogen and oxygen atoms in total. The molecule has 0 atom stereocenters. The molecule has 4 heterocycles. The maximum atomic E-state index is 12.9. The van der Waals surface area contributed by atoms with Crippen LogP contribution in [0.4, 0.5) is 19.0 Å². The Bertz CT molecular complexity index is 1470. The summed E-state index contributed by atoms with van der Waals surface area (Å²) in [5, 5.41) is 3.06. The molecule has 1 amide bonds. The van der Waals surface area contributed by atoms with E-state index in [1.165, 1.54) is 10.6 Å². The first-order valence-electron chi connectivity index (χ1n) is 11.4. The summed E-state index contributed by atoms with van der Waals surface area (Å²) in [4.78, 5) is 37.6. The van der Waals surface area contributed by atoms with E-state index in [-0.39, 0.29) is 17.6 Å². The van der Waals surface area contributed by atoms with Crippen molar-refractivity contribution in [1.82, 2.24) is 24.8 Å². The van der Waals surface area contributed by atoms with Gasteiger partial charge in [0.2, 0.25) is 0 Å². The molecule has 1 aliphatic rings. The number of imidazole rings is 1. The second-order valence-electron chi connectivity index (χ2n) is 8.80. The number of hydrogen-bond donors (Lipinski definition) is 2. The van der Waals surface area contributed by atoms with Gasteiger partial charge in [0.1, 0.15) is 5.82 Å². The average Bonchev–Trinajstić information content (AvgIpc) is 3.17. The highest BCUT2D eigenvalue weighted by Crippen LogP contribution is 2.30. The molecular formula is C25H23F3N6O2. The predicted molar refractivity (Wildman–Crippen MR) is 129 cm³/mol. The fraction of sp³-hybridized carbons (Fsp3) is 0.280. The van der Waals surface area contributed by atoms with E-state index in [1.807, 2.05) is 17.0 Å². The molecule has 0 bridgehead atoms. The summed E-state index contributed by atoms with van der Waals surface area (Å²) in [5.74, 6) is 0.289. The molecule has 0 aliphatic carbocycles. The number of aromatic amines is 1. The molecule has 186 valence electrons. The van der Waals surface area contributed by atoms with Gasteiger partial charge in [0.15, 0.2) is 5.65 Å². The number of nitrogens with one attached hydrogen (secondary N) is 2. The number of piperidine rings is 1. The molecule has 36 heavy (non-hydrogen) atoms. The van der Waals surface area contributed by atoms with Crippen molar-refractivity contribution in [3.63, 3.8) is 0 Å². The standard InChI is InChI=1S/C25H23F3N6O2/c1-33-20-12-17(13-30-22(20)32-24(33)36)15-3-2-4-16(11-15)23(35)31-19-7-9-34(10-8-19)21-6-5-18(14-29-21)25(26,27)28/h2-6,11-14,19H,7-10H2,1H3,(H,31,35)(H,30,32,36). The molecule has 0 unspecified atom stereocenters. The molecule has 11 heteroatoms. The van der Waals surface area contributed by atoms with Gasteiger partial charge < -0.3 is 10.2 Å². The van der Waals surface area contributed by atoms with E-state index < -0.39 is 11.7 Å². The van der Waals surface area contributed by atoms with Gasteiger partial charge in [0, 0.05) is 49.7 Å². The summed E-state index contributed by atoms with van der Waals surface area (Å²) in [6, 6.07) is 11.4. The van der Waals surface area contributed by atoms with E-state index in [2.05, 4.69) is 20.3 Å². The number of nitrogens with zero attached hydrogens (tertiary/aromatic N) is 4. The number of alkyl halides is 3. The van der Waals surface area contributed by atoms with Gasteiger partial charge in [-0.25, -0.2) is 14.8 Å². The number of rotatable bonds is 4. The summed E-state index contributed by atoms with van der Waals surface area (Å²) in [5.41, 5.74) is 2.23. The lowest BCUT2D eigenvalue weighted by molar-refractivity contribution is -0.137. The molecule has 1 saturated heterocycles. The van der Waals surface area contributed by atoms with Gasteiger partial charge in [-0.2, -0.15) is 13.2 Å². The highest BCUT2D eigenvalue weighted by molar-refractivity contribution is 5.95. The Morgan fingerprint density at radius 3 is 2.53 bits per heavy atom. The lowest BCUT2D eigenvalue weighted by Gasteiger charge is -2.33. The average molecular weight is 496 g/mol. The van der Waals surface area contributed by atoms with E-state index in [1.54, 1.807) is 31.4 Å². The lowest BCUT2D eigenvalue weighted by atomic mass is 10.0. The number of amides is 1. The Hall–Kier alpha value is -4.15. The lowest BCUT2D eigenvalue weighted by Crippen LogP contribution is -2.45. The molecule has 0 spiro atoms. The van der Waals surface area contributed by atoms with Gasteiger partial charge in [0.25, 0.3) is 5.91 Å². The van der Waals surface area contributed by atoms with Crippen LogP contribution in [0.1, 0.15) is 28.8 Å². The molecule has 0 saturated carbocycles. The third-order valence-corrected chi connectivity index (χ3v) is 6.45. The van der Waals surface area contributed by atoms with Crippen LogP contribution in [-0.4, -0.2) is 44.6 Å². The topological polar surface area (TPSA) is 95.9 Å². The highest BCUT2D eigenvalue weighted by Gasteiger charge is 2.31. The first kappa shape index (κ1) is 23.6. The minimum atomic E-state index is -4.41. The zero-order valence-electron chi connectivity index (χ0n) is 19.3. The molecule has 0 radical (unpaired) electrons. The summed E-state index contributed by atoms with van der Waals surface area (Å²) >= 11 is 0. The number of fused-ring (bicyclic) bond motifs is 1. The van der Waals surface area contributed by atoms with Crippen molar-refractivity contribution in [2.45, 2.75) is 25.1 Å². The van der Waals surface area contributed by atoms with Crippen LogP contribution in [0.25, 0.3) is 22.3 Å². The molecule has 1 aromatic carbocycles. The molecule has 1 fully saturated rings. The maximum absolute atomic E-state index is 12.9. The van der Waals surface area contributed by atoms with Gasteiger partial charge in [-0.05, 0) is 48.7 Å². The van der Waals surface area contributed by atoms with Gasteiger partial charge in [-0.3, -0.25) is 14.3 Å². The summed E-state index contributed by atoms with van der Waals surface area (Å²) in [6.45, 7) is 1.15. The van der Waals surface area contributed by atoms with Crippen LogP contribution in [-0.2, 0) is 13.2 Å². The third-order valence-electron chi connectivity index (χ3n) is 6.45. The van der Waals surface area contributed by atoms with E-state index in [4.69, 9.17) is 0 Å². The van der Waals surface area contributed by atoms with E-state index in [0.717, 1.165) is 23.4 Å². The summed E-state index contributed by atoms with van der Waals surface area (Å²) in [7, 11) is 1.66. The van der Waals surface area contributed by atoms with Gasteiger partial charge >= 0.3 is 11.9 Å². The monoisotopic (exact) mass is 496 g/mol. The molecule has 2 N–H and O–H groups in total. The predicted octanol–water partition coefficient (Wildman–Crippen LogP) is 3.74. The maximum Gasteiger partial charge on any atom is 0.417 e. The zero-order chi connectivity index (χ0) is 25.4. The minimum Gasteiger partial charge on any atom is -0.356 e. The van der Waals surface area contributed by atoms with Crippen LogP contribution < -0.4 is 15.9 Å². The first-order valence-corrected chi connectivity index (χ1v) is 11.4. The third kappa shape index (κ3) is 4.68. The molecular weight excluding hydrogens is 473 g/mol. The Morgan fingerprint density at radius 1 is 1.06 bits per heavy atom. The van der Waals surface area contributed by atoms with E-state index in [0.29, 0.717) is 48.5 Å². The van der Waals surface area contributed by atoms with Gasteiger partial charge in [-0.15, -0.1) is 0 Å². The van der Waals surface area contributed by atoms with Crippen LogP contribution in [0.15, 0.2) is 59.7 Å². The molecule has 5 rings (SSSR count). The zero-order valence-corrected chi connectivity index (χ0v) is 19.3. The Labute approximate surface area is 203 Å². The largest absolute Gasteiger partial charge is 0.417 e. The number of H-pyrrole nitrogens is 1. The normalized spacial score (nSPS) is 14.8. The van der Waals surface area contributed by atoms with Crippen molar-refractivity contribution < 1.29 is 18.0 Å². The van der Waals surface area contributed by atoms with Crippen LogP contribution in [0.2, 0.25) is 0 Å². The van der Waals surface area contributed by atoms with Crippen LogP contribution in [0, 0.1) is 0 Å². The van der Waals surface area contributed by atoms with E-state index >= 15 is 0 Å². The van der Waals surface area contributed by atoms with Gasteiger partial charge in [-0.1, -0.05) is 12.1 Å². The summed E-state index contributed by atoms with van der Waals surface area (Å²) in [6.07, 6.45) is -0.615. The number of benzene rings is 1. The van der Waals surface area contributed by atoms with Crippen molar-refractivity contribution in [3.05, 3.63) is 76.5 Å². The highest BCUT2D eigenvalue weighted by atomic mass is 19.4. The van der Waals surface area contributed by atoms with Crippen LogP contribution >= 0.6 is 0 Å². The first-order chi connectivity index (χ1) is 17.2.